The van der Waals surface area contributed by atoms with Crippen molar-refractivity contribution >= 4 is 44.4 Å². The number of hydrogen-bond donors (Lipinski definition) is 0. The van der Waals surface area contributed by atoms with Gasteiger partial charge in [0, 0.05) is 33.7 Å². The molecule has 0 aliphatic rings. The van der Waals surface area contributed by atoms with E-state index in [2.05, 4.69) is 34.5 Å². The van der Waals surface area contributed by atoms with E-state index < -0.39 is 0 Å². The molecule has 0 atom stereocenters. The summed E-state index contributed by atoms with van der Waals surface area (Å²) in [6.45, 7) is 2.09. The van der Waals surface area contributed by atoms with E-state index in [1.165, 1.54) is 5.56 Å². The Morgan fingerprint density at radius 1 is 1.22 bits per heavy atom. The van der Waals surface area contributed by atoms with Crippen molar-refractivity contribution in [3.63, 3.8) is 0 Å². The number of aryl methyl sites for hydroxylation is 2. The quantitative estimate of drug-likeness (QED) is 0.462. The van der Waals surface area contributed by atoms with Crippen LogP contribution in [0.1, 0.15) is 5.56 Å². The van der Waals surface area contributed by atoms with E-state index in [1.54, 1.807) is 17.7 Å². The fraction of sp³-hybridized carbons (Fsp3) is 0.143. The molecule has 0 aliphatic carbocycles. The molecule has 0 saturated carbocycles. The van der Waals surface area contributed by atoms with Crippen LogP contribution in [0.25, 0.3) is 21.8 Å². The van der Waals surface area contributed by atoms with Gasteiger partial charge in [0.25, 0.3) is 5.56 Å². The molecule has 0 aliphatic heterocycles. The summed E-state index contributed by atoms with van der Waals surface area (Å²) in [5, 5.41) is 2.22. The van der Waals surface area contributed by atoms with Gasteiger partial charge in [-0.2, -0.15) is 0 Å². The van der Waals surface area contributed by atoms with Gasteiger partial charge in [0.05, 0.1) is 11.0 Å². The summed E-state index contributed by atoms with van der Waals surface area (Å²) in [5.41, 5.74) is 3.14. The van der Waals surface area contributed by atoms with Crippen LogP contribution in [0.4, 0.5) is 0 Å². The molecule has 1 aromatic carbocycles. The van der Waals surface area contributed by atoms with Gasteiger partial charge < -0.3 is 4.57 Å². The predicted molar refractivity (Wildman–Crippen MR) is 81.9 cm³/mol. The van der Waals surface area contributed by atoms with E-state index in [4.69, 9.17) is 0 Å². The molecule has 3 rings (SSSR count). The average molecular weight is 350 g/mol. The van der Waals surface area contributed by atoms with Crippen LogP contribution in [0.5, 0.6) is 0 Å². The van der Waals surface area contributed by atoms with Gasteiger partial charge in [-0.1, -0.05) is 0 Å². The van der Waals surface area contributed by atoms with E-state index >= 15 is 0 Å². The Labute approximate surface area is 118 Å². The van der Waals surface area contributed by atoms with Gasteiger partial charge in [0.1, 0.15) is 0 Å². The van der Waals surface area contributed by atoms with Gasteiger partial charge in [-0.15, -0.1) is 0 Å². The molecule has 3 nitrogen and oxygen atoms in total. The topological polar surface area (TPSA) is 34.9 Å². The first-order valence-corrected chi connectivity index (χ1v) is 6.71. The highest BCUT2D eigenvalue weighted by molar-refractivity contribution is 14.1. The van der Waals surface area contributed by atoms with Crippen molar-refractivity contribution < 1.29 is 0 Å². The summed E-state index contributed by atoms with van der Waals surface area (Å²) >= 11 is 2.29. The molecule has 0 fully saturated rings. The summed E-state index contributed by atoms with van der Waals surface area (Å²) in [5.74, 6) is 0. The number of hydrogen-bond acceptors (Lipinski definition) is 2. The van der Waals surface area contributed by atoms with Crippen LogP contribution in [0.15, 0.2) is 35.3 Å². The molecular weight excluding hydrogens is 339 g/mol. The number of fused-ring (bicyclic) bond motifs is 3. The zero-order chi connectivity index (χ0) is 12.9. The van der Waals surface area contributed by atoms with Gasteiger partial charge in [-0.25, -0.2) is 0 Å². The van der Waals surface area contributed by atoms with Gasteiger partial charge in [-0.3, -0.25) is 9.78 Å². The molecule has 0 radical (unpaired) electrons. The van der Waals surface area contributed by atoms with Crippen LogP contribution in [-0.2, 0) is 7.05 Å². The Kier molecular flexibility index (Phi) is 2.62. The molecule has 18 heavy (non-hydrogen) atoms. The zero-order valence-electron chi connectivity index (χ0n) is 10.1. The molecule has 0 amide bonds. The summed E-state index contributed by atoms with van der Waals surface area (Å²) in [6.07, 6.45) is 1.88. The van der Waals surface area contributed by atoms with E-state index in [0.29, 0.717) is 0 Å². The first kappa shape index (κ1) is 11.6. The highest BCUT2D eigenvalue weighted by atomic mass is 127. The number of nitrogens with zero attached hydrogens (tertiary/aromatic N) is 2. The molecule has 0 unspecified atom stereocenters. The third-order valence-electron chi connectivity index (χ3n) is 3.34. The van der Waals surface area contributed by atoms with E-state index in [-0.39, 0.29) is 5.56 Å². The number of benzene rings is 1. The van der Waals surface area contributed by atoms with Crippen molar-refractivity contribution in [1.82, 2.24) is 9.55 Å². The van der Waals surface area contributed by atoms with Crippen molar-refractivity contribution in [3.8, 4) is 0 Å². The third kappa shape index (κ3) is 1.55. The van der Waals surface area contributed by atoms with Crippen LogP contribution in [-0.4, -0.2) is 9.55 Å². The highest BCUT2D eigenvalue weighted by Crippen LogP contribution is 2.28. The molecule has 2 aromatic heterocycles. The molecule has 3 aromatic rings. The molecular formula is C14H11IN2O. The lowest BCUT2D eigenvalue weighted by atomic mass is 10.0. The van der Waals surface area contributed by atoms with Crippen LogP contribution < -0.4 is 5.56 Å². The monoisotopic (exact) mass is 350 g/mol. The number of rotatable bonds is 0. The lowest BCUT2D eigenvalue weighted by Crippen LogP contribution is -2.15. The first-order valence-electron chi connectivity index (χ1n) is 5.63. The fourth-order valence-corrected chi connectivity index (χ4v) is 2.70. The van der Waals surface area contributed by atoms with E-state index in [9.17, 15) is 4.79 Å². The molecule has 0 saturated heterocycles. The number of aromatic nitrogens is 2. The minimum atomic E-state index is 0.0121. The van der Waals surface area contributed by atoms with Crippen molar-refractivity contribution in [3.05, 3.63) is 49.9 Å². The van der Waals surface area contributed by atoms with Gasteiger partial charge >= 0.3 is 0 Å². The van der Waals surface area contributed by atoms with E-state index in [1.807, 2.05) is 24.4 Å². The second kappa shape index (κ2) is 4.05. The third-order valence-corrected chi connectivity index (χ3v) is 4.42. The zero-order valence-corrected chi connectivity index (χ0v) is 12.2. The van der Waals surface area contributed by atoms with Gasteiger partial charge in [-0.05, 0) is 53.3 Å². The lowest BCUT2D eigenvalue weighted by molar-refractivity contribution is 0.907. The largest absolute Gasteiger partial charge is 0.311 e. The van der Waals surface area contributed by atoms with Crippen molar-refractivity contribution in [2.75, 3.05) is 0 Å². The second-order valence-electron chi connectivity index (χ2n) is 4.35. The predicted octanol–water partition coefficient (Wildman–Crippen LogP) is 3.00. The molecule has 90 valence electrons. The molecule has 2 heterocycles. The standard InChI is InChI=1S/C14H11IN2O/c1-8-10(15)7-16-11-4-5-12-9(14(8)11)3-6-13(18)17(12)2/h3-7H,1-2H3. The smallest absolute Gasteiger partial charge is 0.250 e. The Morgan fingerprint density at radius 2 is 2.00 bits per heavy atom. The maximum atomic E-state index is 11.7. The molecule has 4 heteroatoms. The SMILES string of the molecule is Cc1c(I)cnc2ccc3c(ccc(=O)n3C)c12. The normalized spacial score (nSPS) is 11.3. The molecule has 0 N–H and O–H groups in total. The summed E-state index contributed by atoms with van der Waals surface area (Å²) < 4.78 is 2.81. The minimum Gasteiger partial charge on any atom is -0.311 e. The van der Waals surface area contributed by atoms with Crippen molar-refractivity contribution in [2.45, 2.75) is 6.92 Å². The lowest BCUT2D eigenvalue weighted by Gasteiger charge is -2.10. The Hall–Kier alpha value is -1.43. The maximum Gasteiger partial charge on any atom is 0.250 e. The van der Waals surface area contributed by atoms with E-state index in [0.717, 1.165) is 25.4 Å². The number of pyridine rings is 2. The fourth-order valence-electron chi connectivity index (χ4n) is 2.29. The van der Waals surface area contributed by atoms with Gasteiger partial charge in [0.15, 0.2) is 0 Å². The highest BCUT2D eigenvalue weighted by Gasteiger charge is 2.08. The Balaban J connectivity index is 2.65. The summed E-state index contributed by atoms with van der Waals surface area (Å²) in [4.78, 5) is 16.1. The van der Waals surface area contributed by atoms with Crippen LogP contribution in [0, 0.1) is 10.5 Å². The molecule has 0 spiro atoms. The van der Waals surface area contributed by atoms with Gasteiger partial charge in [0.2, 0.25) is 0 Å². The van der Waals surface area contributed by atoms with Crippen LogP contribution >= 0.6 is 22.6 Å². The summed E-state index contributed by atoms with van der Waals surface area (Å²) in [6, 6.07) is 7.43. The maximum absolute atomic E-state index is 11.7. The van der Waals surface area contributed by atoms with Crippen LogP contribution in [0.3, 0.4) is 0 Å². The average Bonchev–Trinajstić information content (AvgIpc) is 2.37. The second-order valence-corrected chi connectivity index (χ2v) is 5.52. The first-order chi connectivity index (χ1) is 8.59. The van der Waals surface area contributed by atoms with Crippen LogP contribution in [0.2, 0.25) is 0 Å². The van der Waals surface area contributed by atoms with Crippen molar-refractivity contribution in [2.24, 2.45) is 7.05 Å². The Bertz CT molecular complexity index is 836. The molecule has 0 bridgehead atoms. The minimum absolute atomic E-state index is 0.0121. The van der Waals surface area contributed by atoms with Crippen molar-refractivity contribution in [1.29, 1.82) is 0 Å². The summed E-state index contributed by atoms with van der Waals surface area (Å²) in [7, 11) is 1.80. The Morgan fingerprint density at radius 3 is 2.78 bits per heavy atom. The number of halogens is 1.